The molecule has 17 heavy (non-hydrogen) atoms. The molecule has 0 amide bonds. The molecule has 1 aromatic carbocycles. The van der Waals surface area contributed by atoms with E-state index in [1.54, 1.807) is 0 Å². The minimum absolute atomic E-state index is 0.0477. The van der Waals surface area contributed by atoms with Gasteiger partial charge in [-0.25, -0.2) is 22.0 Å². The highest BCUT2D eigenvalue weighted by atomic mass is 32.2. The summed E-state index contributed by atoms with van der Waals surface area (Å²) in [6, 6.07) is 3.77. The van der Waals surface area contributed by atoms with Crippen molar-refractivity contribution in [2.45, 2.75) is 4.90 Å². The second-order valence-electron chi connectivity index (χ2n) is 3.28. The molecule has 0 saturated carbocycles. The van der Waals surface area contributed by atoms with Crippen LogP contribution in [0.5, 0.6) is 5.75 Å². The number of nitrogens with one attached hydrogen (secondary N) is 1. The number of sulfonamides is 2. The maximum absolute atomic E-state index is 11.3. The second kappa shape index (κ2) is 4.51. The zero-order valence-corrected chi connectivity index (χ0v) is 10.8. The van der Waals surface area contributed by atoms with Gasteiger partial charge in [0, 0.05) is 0 Å². The van der Waals surface area contributed by atoms with Gasteiger partial charge in [0.15, 0.2) is 0 Å². The lowest BCUT2D eigenvalue weighted by Gasteiger charge is -2.09. The molecule has 3 N–H and O–H groups in total. The lowest BCUT2D eigenvalue weighted by molar-refractivity contribution is 0.403. The van der Waals surface area contributed by atoms with Gasteiger partial charge in [-0.1, -0.05) is 0 Å². The van der Waals surface area contributed by atoms with Gasteiger partial charge in [-0.2, -0.15) is 0 Å². The van der Waals surface area contributed by atoms with Crippen molar-refractivity contribution in [1.29, 1.82) is 0 Å². The molecule has 0 bridgehead atoms. The maximum Gasteiger partial charge on any atom is 0.241 e. The molecule has 0 heterocycles. The molecule has 7 nitrogen and oxygen atoms in total. The summed E-state index contributed by atoms with van der Waals surface area (Å²) in [5, 5.41) is 4.98. The van der Waals surface area contributed by atoms with Crippen LogP contribution in [0.2, 0.25) is 0 Å². The Kier molecular flexibility index (Phi) is 3.65. The van der Waals surface area contributed by atoms with Gasteiger partial charge in [-0.05, 0) is 18.2 Å². The van der Waals surface area contributed by atoms with E-state index in [1.807, 2.05) is 0 Å². The van der Waals surface area contributed by atoms with E-state index in [-0.39, 0.29) is 16.3 Å². The Morgan fingerprint density at radius 3 is 2.24 bits per heavy atom. The van der Waals surface area contributed by atoms with E-state index in [4.69, 9.17) is 9.88 Å². The summed E-state index contributed by atoms with van der Waals surface area (Å²) in [6.07, 6.45) is 0.952. The molecule has 0 spiro atoms. The Labute approximate surface area is 99.7 Å². The molecule has 0 radical (unpaired) electrons. The van der Waals surface area contributed by atoms with Gasteiger partial charge in [0.2, 0.25) is 20.0 Å². The molecule has 0 aliphatic carbocycles. The molecule has 0 fully saturated rings. The first-order chi connectivity index (χ1) is 7.63. The molecule has 1 rings (SSSR count). The van der Waals surface area contributed by atoms with Crippen LogP contribution >= 0.6 is 0 Å². The van der Waals surface area contributed by atoms with Crippen molar-refractivity contribution in [2.75, 3.05) is 18.1 Å². The molecular formula is C8H12N2O5S2. The van der Waals surface area contributed by atoms with Crippen molar-refractivity contribution in [3.05, 3.63) is 18.2 Å². The number of primary sulfonamides is 1. The van der Waals surface area contributed by atoms with Gasteiger partial charge in [0.1, 0.15) is 10.6 Å². The first-order valence-corrected chi connectivity index (χ1v) is 7.76. The van der Waals surface area contributed by atoms with Gasteiger partial charge in [0.05, 0.1) is 19.1 Å². The molecule has 9 heteroatoms. The van der Waals surface area contributed by atoms with E-state index in [2.05, 4.69) is 4.72 Å². The highest BCUT2D eigenvalue weighted by molar-refractivity contribution is 7.92. The first-order valence-electron chi connectivity index (χ1n) is 4.32. The number of ether oxygens (including phenoxy) is 1. The third-order valence-corrected chi connectivity index (χ3v) is 3.31. The highest BCUT2D eigenvalue weighted by Gasteiger charge is 2.16. The fraction of sp³-hybridized carbons (Fsp3) is 0.250. The zero-order chi connectivity index (χ0) is 13.3. The van der Waals surface area contributed by atoms with Crippen LogP contribution in [0, 0.1) is 0 Å². The fourth-order valence-corrected chi connectivity index (χ4v) is 2.45. The van der Waals surface area contributed by atoms with Crippen LogP contribution in [0.4, 0.5) is 5.69 Å². The van der Waals surface area contributed by atoms with E-state index < -0.39 is 20.0 Å². The van der Waals surface area contributed by atoms with Crippen molar-refractivity contribution >= 4 is 25.7 Å². The van der Waals surface area contributed by atoms with Crippen LogP contribution in [-0.4, -0.2) is 30.2 Å². The fourth-order valence-electron chi connectivity index (χ4n) is 1.18. The predicted octanol–water partition coefficient (Wildman–Crippen LogP) is -0.286. The highest BCUT2D eigenvalue weighted by Crippen LogP contribution is 2.26. The average Bonchev–Trinajstić information content (AvgIpc) is 2.13. The Hall–Kier alpha value is -1.32. The standard InChI is InChI=1S/C8H12N2O5S2/c1-15-7-4-3-6(10-16(2,11)12)5-8(7)17(9,13)14/h3-5,10H,1-2H3,(H2,9,13,14). The number of hydrogen-bond acceptors (Lipinski definition) is 5. The number of benzene rings is 1. The van der Waals surface area contributed by atoms with E-state index in [1.165, 1.54) is 19.2 Å². The van der Waals surface area contributed by atoms with Crippen LogP contribution in [0.3, 0.4) is 0 Å². The van der Waals surface area contributed by atoms with Crippen LogP contribution in [0.1, 0.15) is 0 Å². The third kappa shape index (κ3) is 3.88. The molecule has 0 atom stereocenters. The van der Waals surface area contributed by atoms with Gasteiger partial charge in [-0.3, -0.25) is 4.72 Å². The summed E-state index contributed by atoms with van der Waals surface area (Å²) in [5.74, 6) is 0.0477. The maximum atomic E-state index is 11.3. The minimum Gasteiger partial charge on any atom is -0.495 e. The monoisotopic (exact) mass is 280 g/mol. The van der Waals surface area contributed by atoms with E-state index in [0.29, 0.717) is 0 Å². The van der Waals surface area contributed by atoms with Crippen molar-refractivity contribution < 1.29 is 21.6 Å². The normalized spacial score (nSPS) is 12.2. The van der Waals surface area contributed by atoms with Crippen LogP contribution < -0.4 is 14.6 Å². The Bertz CT molecular complexity index is 621. The number of hydrogen-bond donors (Lipinski definition) is 2. The zero-order valence-electron chi connectivity index (χ0n) is 9.17. The number of rotatable bonds is 4. The Morgan fingerprint density at radius 2 is 1.82 bits per heavy atom. The third-order valence-electron chi connectivity index (χ3n) is 1.77. The lowest BCUT2D eigenvalue weighted by atomic mass is 10.3. The molecule has 0 saturated heterocycles. The van der Waals surface area contributed by atoms with Gasteiger partial charge in [-0.15, -0.1) is 0 Å². The summed E-state index contributed by atoms with van der Waals surface area (Å²) < 4.78 is 51.5. The number of methoxy groups -OCH3 is 1. The SMILES string of the molecule is COc1ccc(NS(C)(=O)=O)cc1S(N)(=O)=O. The van der Waals surface area contributed by atoms with Crippen LogP contribution in [-0.2, 0) is 20.0 Å². The predicted molar refractivity (Wildman–Crippen MR) is 62.8 cm³/mol. The van der Waals surface area contributed by atoms with Gasteiger partial charge >= 0.3 is 0 Å². The molecule has 0 unspecified atom stereocenters. The van der Waals surface area contributed by atoms with Crippen LogP contribution in [0.25, 0.3) is 0 Å². The van der Waals surface area contributed by atoms with E-state index >= 15 is 0 Å². The summed E-state index contributed by atoms with van der Waals surface area (Å²) in [7, 11) is -6.18. The topological polar surface area (TPSA) is 116 Å². The first kappa shape index (κ1) is 13.7. The number of nitrogens with two attached hydrogens (primary N) is 1. The minimum atomic E-state index is -3.98. The van der Waals surface area contributed by atoms with Crippen molar-refractivity contribution in [1.82, 2.24) is 0 Å². The van der Waals surface area contributed by atoms with Gasteiger partial charge in [0.25, 0.3) is 0 Å². The van der Waals surface area contributed by atoms with Crippen LogP contribution in [0.15, 0.2) is 23.1 Å². The van der Waals surface area contributed by atoms with Crippen molar-refractivity contribution in [2.24, 2.45) is 5.14 Å². The van der Waals surface area contributed by atoms with E-state index in [0.717, 1.165) is 12.3 Å². The van der Waals surface area contributed by atoms with Crippen molar-refractivity contribution in [3.63, 3.8) is 0 Å². The smallest absolute Gasteiger partial charge is 0.241 e. The molecule has 1 aromatic rings. The summed E-state index contributed by atoms with van der Waals surface area (Å²) >= 11 is 0. The summed E-state index contributed by atoms with van der Waals surface area (Å²) in [5.41, 5.74) is 0.0947. The van der Waals surface area contributed by atoms with Gasteiger partial charge < -0.3 is 4.74 Å². The average molecular weight is 280 g/mol. The quantitative estimate of drug-likeness (QED) is 0.786. The Morgan fingerprint density at radius 1 is 1.24 bits per heavy atom. The molecular weight excluding hydrogens is 268 g/mol. The lowest BCUT2D eigenvalue weighted by Crippen LogP contribution is -2.15. The molecule has 96 valence electrons. The second-order valence-corrected chi connectivity index (χ2v) is 6.56. The molecule has 0 aliphatic rings. The molecule has 0 aliphatic heterocycles. The molecule has 0 aromatic heterocycles. The van der Waals surface area contributed by atoms with E-state index in [9.17, 15) is 16.8 Å². The summed E-state index contributed by atoms with van der Waals surface area (Å²) in [6.45, 7) is 0. The largest absolute Gasteiger partial charge is 0.495 e. The Balaban J connectivity index is 3.33. The summed E-state index contributed by atoms with van der Waals surface area (Å²) in [4.78, 5) is -0.284. The number of anilines is 1. The van der Waals surface area contributed by atoms with Crippen molar-refractivity contribution in [3.8, 4) is 5.75 Å².